The van der Waals surface area contributed by atoms with Gasteiger partial charge in [0.05, 0.1) is 11.4 Å². The molecule has 1 unspecified atom stereocenters. The molecule has 0 saturated carbocycles. The lowest BCUT2D eigenvalue weighted by molar-refractivity contribution is 0.525. The van der Waals surface area contributed by atoms with Gasteiger partial charge in [-0.3, -0.25) is 0 Å². The number of hydrogen-bond donors (Lipinski definition) is 0. The molecule has 0 radical (unpaired) electrons. The number of halogens is 3. The second kappa shape index (κ2) is 5.05. The van der Waals surface area contributed by atoms with Crippen LogP contribution in [0.4, 0.5) is 8.78 Å². The first kappa shape index (κ1) is 13.3. The van der Waals surface area contributed by atoms with E-state index < -0.39 is 31.7 Å². The standard InChI is InChI=1S/C9H10ClF2NO2S/c1-6(2-3-10)16(14,15)9-8(12)4-7(11)5-13-9/h4-6H,2-3H2,1H3. The van der Waals surface area contributed by atoms with Gasteiger partial charge in [0.15, 0.2) is 10.8 Å². The third-order valence-electron chi connectivity index (χ3n) is 2.09. The molecule has 1 aromatic heterocycles. The molecule has 90 valence electrons. The van der Waals surface area contributed by atoms with E-state index >= 15 is 0 Å². The zero-order chi connectivity index (χ0) is 12.3. The molecule has 0 N–H and O–H groups in total. The van der Waals surface area contributed by atoms with Crippen LogP contribution in [-0.4, -0.2) is 24.5 Å². The third kappa shape index (κ3) is 2.68. The predicted molar refractivity (Wildman–Crippen MR) is 56.1 cm³/mol. The minimum atomic E-state index is -3.89. The fourth-order valence-corrected chi connectivity index (χ4v) is 2.91. The highest BCUT2D eigenvalue weighted by atomic mass is 35.5. The minimum absolute atomic E-state index is 0.142. The number of nitrogens with zero attached hydrogens (tertiary/aromatic N) is 1. The van der Waals surface area contributed by atoms with Crippen molar-refractivity contribution in [3.63, 3.8) is 0 Å². The van der Waals surface area contributed by atoms with Crippen LogP contribution in [-0.2, 0) is 9.84 Å². The molecule has 1 heterocycles. The van der Waals surface area contributed by atoms with Crippen molar-refractivity contribution in [1.29, 1.82) is 0 Å². The number of hydrogen-bond acceptors (Lipinski definition) is 3. The van der Waals surface area contributed by atoms with Gasteiger partial charge in [0, 0.05) is 11.9 Å². The van der Waals surface area contributed by atoms with E-state index in [1.807, 2.05) is 0 Å². The van der Waals surface area contributed by atoms with Gasteiger partial charge in [0.1, 0.15) is 5.82 Å². The first-order valence-corrected chi connectivity index (χ1v) is 6.58. The minimum Gasteiger partial charge on any atom is -0.239 e. The van der Waals surface area contributed by atoms with Crippen molar-refractivity contribution in [3.05, 3.63) is 23.9 Å². The van der Waals surface area contributed by atoms with E-state index in [1.165, 1.54) is 6.92 Å². The monoisotopic (exact) mass is 269 g/mol. The van der Waals surface area contributed by atoms with Crippen molar-refractivity contribution in [2.75, 3.05) is 5.88 Å². The van der Waals surface area contributed by atoms with Gasteiger partial charge in [-0.1, -0.05) is 0 Å². The summed E-state index contributed by atoms with van der Waals surface area (Å²) in [7, 11) is -3.89. The molecule has 1 aromatic rings. The van der Waals surface area contributed by atoms with Crippen molar-refractivity contribution in [1.82, 2.24) is 4.98 Å². The Morgan fingerprint density at radius 2 is 2.12 bits per heavy atom. The summed E-state index contributed by atoms with van der Waals surface area (Å²) in [6.07, 6.45) is 0.853. The zero-order valence-electron chi connectivity index (χ0n) is 8.45. The van der Waals surface area contributed by atoms with Crippen molar-refractivity contribution < 1.29 is 17.2 Å². The molecular weight excluding hydrogens is 260 g/mol. The van der Waals surface area contributed by atoms with Crippen molar-refractivity contribution in [3.8, 4) is 0 Å². The smallest absolute Gasteiger partial charge is 0.201 e. The Morgan fingerprint density at radius 3 is 2.62 bits per heavy atom. The van der Waals surface area contributed by atoms with E-state index in [9.17, 15) is 17.2 Å². The SMILES string of the molecule is CC(CCCl)S(=O)(=O)c1ncc(F)cc1F. The Morgan fingerprint density at radius 1 is 1.50 bits per heavy atom. The first-order valence-electron chi connectivity index (χ1n) is 4.50. The lowest BCUT2D eigenvalue weighted by atomic mass is 10.4. The second-order valence-corrected chi connectivity index (χ2v) is 5.93. The highest BCUT2D eigenvalue weighted by Crippen LogP contribution is 2.19. The molecule has 0 aliphatic rings. The maximum absolute atomic E-state index is 13.2. The maximum Gasteiger partial charge on any atom is 0.201 e. The van der Waals surface area contributed by atoms with Crippen molar-refractivity contribution in [2.45, 2.75) is 23.6 Å². The van der Waals surface area contributed by atoms with Crippen molar-refractivity contribution in [2.24, 2.45) is 0 Å². The van der Waals surface area contributed by atoms with Gasteiger partial charge < -0.3 is 0 Å². The van der Waals surface area contributed by atoms with Crippen LogP contribution in [0.25, 0.3) is 0 Å². The number of pyridine rings is 1. The molecule has 1 rings (SSSR count). The average Bonchev–Trinajstić information content (AvgIpc) is 2.17. The van der Waals surface area contributed by atoms with E-state index in [1.54, 1.807) is 0 Å². The molecule has 0 aromatic carbocycles. The summed E-state index contributed by atoms with van der Waals surface area (Å²) >= 11 is 5.42. The molecule has 0 saturated heterocycles. The third-order valence-corrected chi connectivity index (χ3v) is 4.44. The molecule has 16 heavy (non-hydrogen) atoms. The van der Waals surface area contributed by atoms with Gasteiger partial charge in [0.25, 0.3) is 0 Å². The molecule has 0 amide bonds. The zero-order valence-corrected chi connectivity index (χ0v) is 10.0. The van der Waals surface area contributed by atoms with Gasteiger partial charge in [-0.15, -0.1) is 11.6 Å². The van der Waals surface area contributed by atoms with Crippen LogP contribution in [0.5, 0.6) is 0 Å². The van der Waals surface area contributed by atoms with E-state index in [0.717, 1.165) is 0 Å². The Balaban J connectivity index is 3.17. The summed E-state index contributed by atoms with van der Waals surface area (Å²) in [5.41, 5.74) is 0. The highest BCUT2D eigenvalue weighted by Gasteiger charge is 2.27. The van der Waals surface area contributed by atoms with Gasteiger partial charge >= 0.3 is 0 Å². The van der Waals surface area contributed by atoms with E-state index in [2.05, 4.69) is 4.98 Å². The van der Waals surface area contributed by atoms with Gasteiger partial charge in [0.2, 0.25) is 9.84 Å². The number of sulfone groups is 1. The van der Waals surface area contributed by atoms with Crippen LogP contribution in [0.3, 0.4) is 0 Å². The molecule has 7 heteroatoms. The topological polar surface area (TPSA) is 47.0 Å². The normalized spacial score (nSPS) is 13.8. The van der Waals surface area contributed by atoms with Crippen LogP contribution >= 0.6 is 11.6 Å². The molecule has 0 aliphatic heterocycles. The molecule has 0 fully saturated rings. The molecule has 0 bridgehead atoms. The lowest BCUT2D eigenvalue weighted by Gasteiger charge is -2.10. The largest absolute Gasteiger partial charge is 0.239 e. The first-order chi connectivity index (χ1) is 7.39. The fourth-order valence-electron chi connectivity index (χ4n) is 1.11. The summed E-state index contributed by atoms with van der Waals surface area (Å²) < 4.78 is 49.3. The Bertz CT molecular complexity index is 478. The second-order valence-electron chi connectivity index (χ2n) is 3.27. The number of alkyl halides is 1. The number of aromatic nitrogens is 1. The van der Waals surface area contributed by atoms with Gasteiger partial charge in [-0.2, -0.15) is 0 Å². The molecule has 0 aliphatic carbocycles. The fraction of sp³-hybridized carbons (Fsp3) is 0.444. The molecular formula is C9H10ClF2NO2S. The molecule has 0 spiro atoms. The van der Waals surface area contributed by atoms with Crippen LogP contribution in [0.2, 0.25) is 0 Å². The average molecular weight is 270 g/mol. The Hall–Kier alpha value is -0.750. The summed E-state index contributed by atoms with van der Waals surface area (Å²) in [6, 6.07) is 0.493. The van der Waals surface area contributed by atoms with Crippen LogP contribution < -0.4 is 0 Å². The summed E-state index contributed by atoms with van der Waals surface area (Å²) in [6.45, 7) is 1.40. The summed E-state index contributed by atoms with van der Waals surface area (Å²) in [5.74, 6) is -1.95. The van der Waals surface area contributed by atoms with E-state index in [0.29, 0.717) is 12.3 Å². The van der Waals surface area contributed by atoms with Crippen LogP contribution in [0.1, 0.15) is 13.3 Å². The van der Waals surface area contributed by atoms with Gasteiger partial charge in [-0.05, 0) is 13.3 Å². The Kier molecular flexibility index (Phi) is 4.21. The highest BCUT2D eigenvalue weighted by molar-refractivity contribution is 7.92. The predicted octanol–water partition coefficient (Wildman–Crippen LogP) is 2.15. The molecule has 3 nitrogen and oxygen atoms in total. The quantitative estimate of drug-likeness (QED) is 0.787. The maximum atomic E-state index is 13.2. The summed E-state index contributed by atoms with van der Waals surface area (Å²) in [4.78, 5) is 3.27. The van der Waals surface area contributed by atoms with E-state index in [4.69, 9.17) is 11.6 Å². The van der Waals surface area contributed by atoms with Gasteiger partial charge in [-0.25, -0.2) is 22.2 Å². The van der Waals surface area contributed by atoms with Crippen molar-refractivity contribution >= 4 is 21.4 Å². The lowest BCUT2D eigenvalue weighted by Crippen LogP contribution is -2.21. The van der Waals surface area contributed by atoms with Crippen LogP contribution in [0.15, 0.2) is 17.3 Å². The van der Waals surface area contributed by atoms with E-state index in [-0.39, 0.29) is 12.3 Å². The molecule has 1 atom stereocenters. The van der Waals surface area contributed by atoms with Crippen LogP contribution in [0, 0.1) is 11.6 Å². The summed E-state index contributed by atoms with van der Waals surface area (Å²) in [5, 5.41) is -1.58. The Labute approximate surface area is 97.4 Å². The number of rotatable bonds is 4.